The molecule has 1 aromatic carbocycles. The first kappa shape index (κ1) is 12.7. The molecule has 0 aromatic heterocycles. The molecule has 1 aliphatic heterocycles. The summed E-state index contributed by atoms with van der Waals surface area (Å²) in [5.41, 5.74) is 7.49. The Balaban J connectivity index is 2.54. The van der Waals surface area contributed by atoms with Crippen molar-refractivity contribution in [2.45, 2.75) is 12.5 Å². The van der Waals surface area contributed by atoms with Gasteiger partial charge in [0.15, 0.2) is 11.5 Å². The highest BCUT2D eigenvalue weighted by Crippen LogP contribution is 2.37. The number of carbonyl (C=O) groups is 1. The van der Waals surface area contributed by atoms with Crippen molar-refractivity contribution in [2.75, 3.05) is 27.8 Å². The number of nitrogens with two attached hydrogens (primary N) is 1. The highest BCUT2D eigenvalue weighted by Gasteiger charge is 2.30. The first-order chi connectivity index (χ1) is 8.58. The molecule has 1 aliphatic rings. The van der Waals surface area contributed by atoms with Gasteiger partial charge in [-0.05, 0) is 36.7 Å². The summed E-state index contributed by atoms with van der Waals surface area (Å²) in [7, 11) is 5.08. The average molecular weight is 250 g/mol. The number of hydrogen-bond acceptors (Lipinski definition) is 4. The van der Waals surface area contributed by atoms with Crippen molar-refractivity contribution in [1.29, 1.82) is 0 Å². The summed E-state index contributed by atoms with van der Waals surface area (Å²) in [6.45, 7) is 0.802. The van der Waals surface area contributed by atoms with E-state index in [-0.39, 0.29) is 5.91 Å². The monoisotopic (exact) mass is 250 g/mol. The van der Waals surface area contributed by atoms with E-state index in [0.29, 0.717) is 11.5 Å². The van der Waals surface area contributed by atoms with Gasteiger partial charge >= 0.3 is 0 Å². The third kappa shape index (κ3) is 2.01. The number of hydrogen-bond donors (Lipinski definition) is 1. The molecular formula is C13H18N2O3. The Morgan fingerprint density at radius 1 is 1.33 bits per heavy atom. The van der Waals surface area contributed by atoms with E-state index < -0.39 is 6.04 Å². The van der Waals surface area contributed by atoms with Crippen molar-refractivity contribution >= 4 is 5.91 Å². The standard InChI is InChI=1S/C13H18N2O3/c1-15-5-4-8-6-10(17-2)11(18-3)7-9(8)12(15)13(14)16/h6-7,12H,4-5H2,1-3H3,(H2,14,16). The second-order valence-electron chi connectivity index (χ2n) is 4.44. The van der Waals surface area contributed by atoms with Gasteiger partial charge in [-0.15, -0.1) is 0 Å². The lowest BCUT2D eigenvalue weighted by atomic mass is 9.92. The van der Waals surface area contributed by atoms with Crippen LogP contribution in [-0.2, 0) is 11.2 Å². The molecule has 1 aromatic rings. The fraction of sp³-hybridized carbons (Fsp3) is 0.462. The third-order valence-electron chi connectivity index (χ3n) is 3.38. The topological polar surface area (TPSA) is 64.8 Å². The predicted molar refractivity (Wildman–Crippen MR) is 67.8 cm³/mol. The summed E-state index contributed by atoms with van der Waals surface area (Å²) in [4.78, 5) is 13.5. The number of nitrogens with zero attached hydrogens (tertiary/aromatic N) is 1. The Bertz CT molecular complexity index is 474. The Morgan fingerprint density at radius 2 is 1.94 bits per heavy atom. The molecule has 1 heterocycles. The Hall–Kier alpha value is -1.75. The molecule has 1 unspecified atom stereocenters. The molecule has 0 saturated heterocycles. The van der Waals surface area contributed by atoms with Crippen LogP contribution in [0, 0.1) is 0 Å². The van der Waals surface area contributed by atoms with Crippen LogP contribution < -0.4 is 15.2 Å². The van der Waals surface area contributed by atoms with Crippen LogP contribution in [0.2, 0.25) is 0 Å². The number of methoxy groups -OCH3 is 2. The number of carbonyl (C=O) groups excluding carboxylic acids is 1. The van der Waals surface area contributed by atoms with Gasteiger partial charge in [0, 0.05) is 6.54 Å². The van der Waals surface area contributed by atoms with Crippen LogP contribution in [0.15, 0.2) is 12.1 Å². The summed E-state index contributed by atoms with van der Waals surface area (Å²) < 4.78 is 10.5. The summed E-state index contributed by atoms with van der Waals surface area (Å²) >= 11 is 0. The number of ether oxygens (including phenoxy) is 2. The molecule has 98 valence electrons. The van der Waals surface area contributed by atoms with E-state index in [2.05, 4.69) is 0 Å². The zero-order valence-electron chi connectivity index (χ0n) is 10.9. The van der Waals surface area contributed by atoms with E-state index in [0.717, 1.165) is 24.1 Å². The van der Waals surface area contributed by atoms with E-state index in [1.165, 1.54) is 0 Å². The summed E-state index contributed by atoms with van der Waals surface area (Å²) in [6.07, 6.45) is 0.871. The Morgan fingerprint density at radius 3 is 2.50 bits per heavy atom. The predicted octanol–water partition coefficient (Wildman–Crippen LogP) is 0.718. The summed E-state index contributed by atoms with van der Waals surface area (Å²) in [5.74, 6) is 0.965. The highest BCUT2D eigenvalue weighted by molar-refractivity contribution is 5.82. The van der Waals surface area contributed by atoms with Gasteiger partial charge in [0.2, 0.25) is 5.91 Å². The number of amides is 1. The molecule has 18 heavy (non-hydrogen) atoms. The minimum atomic E-state index is -0.395. The molecule has 0 saturated carbocycles. The van der Waals surface area contributed by atoms with Crippen LogP contribution in [0.1, 0.15) is 17.2 Å². The number of primary amides is 1. The maximum absolute atomic E-state index is 11.6. The zero-order chi connectivity index (χ0) is 13.3. The van der Waals surface area contributed by atoms with Crippen LogP contribution in [0.25, 0.3) is 0 Å². The SMILES string of the molecule is COc1cc2c(cc1OC)C(C(N)=O)N(C)CC2. The summed E-state index contributed by atoms with van der Waals surface area (Å²) in [6, 6.07) is 3.38. The number of benzene rings is 1. The van der Waals surface area contributed by atoms with Gasteiger partial charge in [0.05, 0.1) is 14.2 Å². The molecule has 0 spiro atoms. The quantitative estimate of drug-likeness (QED) is 0.858. The fourth-order valence-electron chi connectivity index (χ4n) is 2.44. The number of rotatable bonds is 3. The largest absolute Gasteiger partial charge is 0.493 e. The van der Waals surface area contributed by atoms with Crippen molar-refractivity contribution in [3.63, 3.8) is 0 Å². The van der Waals surface area contributed by atoms with Gasteiger partial charge in [0.1, 0.15) is 6.04 Å². The van der Waals surface area contributed by atoms with Gasteiger partial charge < -0.3 is 15.2 Å². The molecule has 1 amide bonds. The van der Waals surface area contributed by atoms with Gasteiger partial charge in [-0.3, -0.25) is 9.69 Å². The third-order valence-corrected chi connectivity index (χ3v) is 3.38. The Labute approximate surface area is 106 Å². The van der Waals surface area contributed by atoms with Gasteiger partial charge in [-0.2, -0.15) is 0 Å². The minimum absolute atomic E-state index is 0.342. The van der Waals surface area contributed by atoms with E-state index in [9.17, 15) is 4.79 Å². The second-order valence-corrected chi connectivity index (χ2v) is 4.44. The van der Waals surface area contributed by atoms with Gasteiger partial charge in [0.25, 0.3) is 0 Å². The molecular weight excluding hydrogens is 232 g/mol. The van der Waals surface area contributed by atoms with Crippen molar-refractivity contribution in [3.05, 3.63) is 23.3 Å². The molecule has 5 nitrogen and oxygen atoms in total. The van der Waals surface area contributed by atoms with Gasteiger partial charge in [-0.1, -0.05) is 0 Å². The summed E-state index contributed by atoms with van der Waals surface area (Å²) in [5, 5.41) is 0. The van der Waals surface area contributed by atoms with Crippen LogP contribution in [-0.4, -0.2) is 38.6 Å². The molecule has 2 rings (SSSR count). The average Bonchev–Trinajstić information content (AvgIpc) is 2.36. The first-order valence-corrected chi connectivity index (χ1v) is 5.82. The highest BCUT2D eigenvalue weighted by atomic mass is 16.5. The second kappa shape index (κ2) is 4.86. The van der Waals surface area contributed by atoms with Crippen LogP contribution in [0.4, 0.5) is 0 Å². The van der Waals surface area contributed by atoms with E-state index in [1.54, 1.807) is 14.2 Å². The molecule has 0 bridgehead atoms. The van der Waals surface area contributed by atoms with Crippen molar-refractivity contribution in [3.8, 4) is 11.5 Å². The lowest BCUT2D eigenvalue weighted by Crippen LogP contribution is -2.40. The van der Waals surface area contributed by atoms with Crippen molar-refractivity contribution in [1.82, 2.24) is 4.90 Å². The van der Waals surface area contributed by atoms with Crippen molar-refractivity contribution in [2.24, 2.45) is 5.73 Å². The van der Waals surface area contributed by atoms with Crippen molar-refractivity contribution < 1.29 is 14.3 Å². The van der Waals surface area contributed by atoms with Gasteiger partial charge in [-0.25, -0.2) is 0 Å². The van der Waals surface area contributed by atoms with E-state index in [4.69, 9.17) is 15.2 Å². The molecule has 0 aliphatic carbocycles. The van der Waals surface area contributed by atoms with Crippen LogP contribution >= 0.6 is 0 Å². The maximum Gasteiger partial charge on any atom is 0.239 e. The number of fused-ring (bicyclic) bond motifs is 1. The molecule has 5 heteroatoms. The minimum Gasteiger partial charge on any atom is -0.493 e. The zero-order valence-corrected chi connectivity index (χ0v) is 10.9. The smallest absolute Gasteiger partial charge is 0.239 e. The lowest BCUT2D eigenvalue weighted by Gasteiger charge is -2.32. The van der Waals surface area contributed by atoms with E-state index >= 15 is 0 Å². The molecule has 1 atom stereocenters. The lowest BCUT2D eigenvalue weighted by molar-refractivity contribution is -0.123. The fourth-order valence-corrected chi connectivity index (χ4v) is 2.44. The van der Waals surface area contributed by atoms with E-state index in [1.807, 2.05) is 24.1 Å². The number of likely N-dealkylation sites (N-methyl/N-ethyl adjacent to an activating group) is 1. The Kier molecular flexibility index (Phi) is 3.43. The van der Waals surface area contributed by atoms with Crippen LogP contribution in [0.3, 0.4) is 0 Å². The molecule has 0 fully saturated rings. The molecule has 0 radical (unpaired) electrons. The molecule has 2 N–H and O–H groups in total. The maximum atomic E-state index is 11.6. The van der Waals surface area contributed by atoms with Crippen LogP contribution in [0.5, 0.6) is 11.5 Å². The normalized spacial score (nSPS) is 19.2. The first-order valence-electron chi connectivity index (χ1n) is 5.82.